The molecule has 11 heteroatoms. The molecule has 0 aliphatic carbocycles. The third-order valence-electron chi connectivity index (χ3n) is 6.97. The molecule has 0 atom stereocenters. The summed E-state index contributed by atoms with van der Waals surface area (Å²) in [4.78, 5) is 31.1. The number of nitrogens with one attached hydrogen (secondary N) is 3. The molecule has 0 bridgehead atoms. The van der Waals surface area contributed by atoms with E-state index in [0.29, 0.717) is 11.6 Å². The Bertz CT molecular complexity index is 1640. The SMILES string of the molecule is CNC(=O)c1cc(Oc2ccc(NC(=O)Nc3cc(C(C)(C)C)nn3-c3ccc4c(c3)CCN(C)C4)c(F)c2)ccn1. The summed E-state index contributed by atoms with van der Waals surface area (Å²) >= 11 is 0. The summed E-state index contributed by atoms with van der Waals surface area (Å²) in [6, 6.07) is 14.5. The fraction of sp³-hybridized carbons (Fsp3) is 0.290. The van der Waals surface area contributed by atoms with E-state index in [1.165, 1.54) is 42.6 Å². The summed E-state index contributed by atoms with van der Waals surface area (Å²) < 4.78 is 22.4. The third-order valence-corrected chi connectivity index (χ3v) is 6.97. The molecule has 10 nitrogen and oxygen atoms in total. The lowest BCUT2D eigenvalue weighted by atomic mass is 9.92. The van der Waals surface area contributed by atoms with E-state index in [9.17, 15) is 14.0 Å². The smallest absolute Gasteiger partial charge is 0.324 e. The van der Waals surface area contributed by atoms with Crippen molar-refractivity contribution in [1.82, 2.24) is 25.0 Å². The first-order valence-corrected chi connectivity index (χ1v) is 13.6. The fourth-order valence-electron chi connectivity index (χ4n) is 4.64. The number of amides is 3. The largest absolute Gasteiger partial charge is 0.457 e. The highest BCUT2D eigenvalue weighted by Gasteiger charge is 2.23. The lowest BCUT2D eigenvalue weighted by Crippen LogP contribution is -2.26. The Morgan fingerprint density at radius 3 is 2.50 bits per heavy atom. The van der Waals surface area contributed by atoms with Crippen molar-refractivity contribution in [3.05, 3.63) is 89.1 Å². The van der Waals surface area contributed by atoms with Crippen molar-refractivity contribution >= 4 is 23.4 Å². The minimum Gasteiger partial charge on any atom is -0.457 e. The molecule has 3 amide bonds. The van der Waals surface area contributed by atoms with Crippen LogP contribution in [0.25, 0.3) is 5.69 Å². The van der Waals surface area contributed by atoms with Crippen molar-refractivity contribution < 1.29 is 18.7 Å². The molecule has 0 unspecified atom stereocenters. The zero-order valence-electron chi connectivity index (χ0n) is 24.3. The second-order valence-electron chi connectivity index (χ2n) is 11.3. The number of aromatic nitrogens is 3. The molecule has 1 aliphatic heterocycles. The monoisotopic (exact) mass is 571 g/mol. The first-order valence-electron chi connectivity index (χ1n) is 13.6. The van der Waals surface area contributed by atoms with E-state index in [2.05, 4.69) is 65.8 Å². The zero-order chi connectivity index (χ0) is 30.0. The summed E-state index contributed by atoms with van der Waals surface area (Å²) in [6.07, 6.45) is 2.36. The molecule has 0 radical (unpaired) electrons. The molecular weight excluding hydrogens is 537 g/mol. The van der Waals surface area contributed by atoms with E-state index in [4.69, 9.17) is 9.84 Å². The standard InChI is InChI=1S/C31H34FN7O3/c1-31(2,3)27-17-28(39(37-27)21-7-6-20-18-38(5)13-11-19(20)14-21)36-30(41)35-25-9-8-22(15-24(25)32)42-23-10-12-34-26(16-23)29(40)33-4/h6-10,12,14-17H,11,13,18H2,1-5H3,(H,33,40)(H2,35,36,41). The topological polar surface area (TPSA) is 113 Å². The molecule has 4 aromatic rings. The van der Waals surface area contributed by atoms with Crippen LogP contribution in [-0.2, 0) is 18.4 Å². The van der Waals surface area contributed by atoms with Crippen LogP contribution in [0.3, 0.4) is 0 Å². The van der Waals surface area contributed by atoms with Crippen LogP contribution in [0, 0.1) is 5.82 Å². The van der Waals surface area contributed by atoms with Gasteiger partial charge in [0.2, 0.25) is 0 Å². The maximum atomic E-state index is 15.0. The molecule has 3 heterocycles. The molecule has 1 aliphatic rings. The highest BCUT2D eigenvalue weighted by molar-refractivity contribution is 5.99. The maximum Gasteiger partial charge on any atom is 0.324 e. The Morgan fingerprint density at radius 1 is 0.976 bits per heavy atom. The van der Waals surface area contributed by atoms with Gasteiger partial charge in [-0.1, -0.05) is 26.8 Å². The molecular formula is C31H34FN7O3. The van der Waals surface area contributed by atoms with Gasteiger partial charge in [-0.15, -0.1) is 0 Å². The number of hydrogen-bond donors (Lipinski definition) is 3. The predicted molar refractivity (Wildman–Crippen MR) is 159 cm³/mol. The Balaban J connectivity index is 1.33. The molecule has 2 aromatic heterocycles. The highest BCUT2D eigenvalue weighted by atomic mass is 19.1. The van der Waals surface area contributed by atoms with Crippen LogP contribution < -0.4 is 20.7 Å². The molecule has 2 aromatic carbocycles. The van der Waals surface area contributed by atoms with Crippen molar-refractivity contribution in [1.29, 1.82) is 0 Å². The number of pyridine rings is 1. The number of likely N-dealkylation sites (N-methyl/N-ethyl adjacent to an activating group) is 1. The minimum absolute atomic E-state index is 0.0272. The lowest BCUT2D eigenvalue weighted by Gasteiger charge is -2.25. The number of halogens is 1. The van der Waals surface area contributed by atoms with Gasteiger partial charge in [0.1, 0.15) is 28.8 Å². The van der Waals surface area contributed by atoms with Gasteiger partial charge in [0, 0.05) is 49.9 Å². The van der Waals surface area contributed by atoms with Gasteiger partial charge in [0.15, 0.2) is 0 Å². The van der Waals surface area contributed by atoms with Gasteiger partial charge in [0.25, 0.3) is 5.91 Å². The third kappa shape index (κ3) is 6.41. The molecule has 5 rings (SSSR count). The quantitative estimate of drug-likeness (QED) is 0.282. The summed E-state index contributed by atoms with van der Waals surface area (Å²) in [6.45, 7) is 8.03. The summed E-state index contributed by atoms with van der Waals surface area (Å²) in [5.41, 5.74) is 4.07. The van der Waals surface area contributed by atoms with E-state index in [1.807, 2.05) is 12.1 Å². The summed E-state index contributed by atoms with van der Waals surface area (Å²) in [5.74, 6) is -0.0766. The first-order chi connectivity index (χ1) is 20.0. The number of benzene rings is 2. The van der Waals surface area contributed by atoms with Crippen molar-refractivity contribution in [3.8, 4) is 17.2 Å². The zero-order valence-corrected chi connectivity index (χ0v) is 24.3. The van der Waals surface area contributed by atoms with Crippen LogP contribution in [0.1, 0.15) is 48.1 Å². The van der Waals surface area contributed by atoms with Crippen LogP contribution in [-0.4, -0.2) is 52.2 Å². The lowest BCUT2D eigenvalue weighted by molar-refractivity contribution is 0.0957. The molecule has 42 heavy (non-hydrogen) atoms. The number of nitrogens with zero attached hydrogens (tertiary/aromatic N) is 4. The van der Waals surface area contributed by atoms with Crippen LogP contribution in [0.5, 0.6) is 11.5 Å². The number of anilines is 2. The number of hydrogen-bond acceptors (Lipinski definition) is 6. The van der Waals surface area contributed by atoms with Gasteiger partial charge in [0.05, 0.1) is 17.1 Å². The Labute approximate surface area is 243 Å². The van der Waals surface area contributed by atoms with Gasteiger partial charge >= 0.3 is 6.03 Å². The Hall–Kier alpha value is -4.77. The predicted octanol–water partition coefficient (Wildman–Crippen LogP) is 5.49. The van der Waals surface area contributed by atoms with E-state index < -0.39 is 11.8 Å². The Morgan fingerprint density at radius 2 is 1.76 bits per heavy atom. The molecule has 0 spiro atoms. The average Bonchev–Trinajstić information content (AvgIpc) is 3.38. The number of urea groups is 1. The molecule has 0 fully saturated rings. The second kappa shape index (κ2) is 11.6. The number of carbonyl (C=O) groups excluding carboxylic acids is 2. The van der Waals surface area contributed by atoms with Crippen LogP contribution in [0.2, 0.25) is 0 Å². The second-order valence-corrected chi connectivity index (χ2v) is 11.3. The first kappa shape index (κ1) is 28.7. The summed E-state index contributed by atoms with van der Waals surface area (Å²) in [7, 11) is 3.61. The van der Waals surface area contributed by atoms with Crippen molar-refractivity contribution in [2.75, 3.05) is 31.3 Å². The van der Waals surface area contributed by atoms with Crippen LogP contribution in [0.4, 0.5) is 20.7 Å². The van der Waals surface area contributed by atoms with Gasteiger partial charge < -0.3 is 20.3 Å². The molecule has 0 saturated carbocycles. The van der Waals surface area contributed by atoms with E-state index in [-0.39, 0.29) is 28.5 Å². The number of fused-ring (bicyclic) bond motifs is 1. The van der Waals surface area contributed by atoms with Crippen LogP contribution >= 0.6 is 0 Å². The van der Waals surface area contributed by atoms with Gasteiger partial charge in [-0.3, -0.25) is 15.1 Å². The fourth-order valence-corrected chi connectivity index (χ4v) is 4.64. The minimum atomic E-state index is -0.688. The number of ether oxygens (including phenoxy) is 1. The summed E-state index contributed by atoms with van der Waals surface area (Å²) in [5, 5.41) is 12.7. The van der Waals surface area contributed by atoms with E-state index in [1.54, 1.807) is 10.7 Å². The molecule has 0 saturated heterocycles. The number of carbonyl (C=O) groups is 2. The van der Waals surface area contributed by atoms with Gasteiger partial charge in [-0.05, 0) is 54.9 Å². The van der Waals surface area contributed by atoms with Gasteiger partial charge in [-0.2, -0.15) is 5.10 Å². The number of rotatable bonds is 6. The highest BCUT2D eigenvalue weighted by Crippen LogP contribution is 2.29. The van der Waals surface area contributed by atoms with E-state index >= 15 is 0 Å². The van der Waals surface area contributed by atoms with Crippen molar-refractivity contribution in [3.63, 3.8) is 0 Å². The molecule has 218 valence electrons. The van der Waals surface area contributed by atoms with Crippen molar-refractivity contribution in [2.24, 2.45) is 0 Å². The normalized spacial score (nSPS) is 13.3. The maximum absolute atomic E-state index is 15.0. The van der Waals surface area contributed by atoms with E-state index in [0.717, 1.165) is 37.0 Å². The van der Waals surface area contributed by atoms with Crippen LogP contribution in [0.15, 0.2) is 60.8 Å². The average molecular weight is 572 g/mol. The molecule has 3 N–H and O–H groups in total. The Kier molecular flexibility index (Phi) is 7.95. The van der Waals surface area contributed by atoms with Gasteiger partial charge in [-0.25, -0.2) is 13.9 Å². The van der Waals surface area contributed by atoms with Crippen molar-refractivity contribution in [2.45, 2.75) is 39.2 Å².